The maximum Gasteiger partial charge on any atom is 0.255 e. The van der Waals surface area contributed by atoms with Gasteiger partial charge in [0.2, 0.25) is 6.79 Å². The number of rotatable bonds is 5. The third kappa shape index (κ3) is 3.44. The Bertz CT molecular complexity index is 1190. The zero-order valence-electron chi connectivity index (χ0n) is 16.2. The predicted octanol–water partition coefficient (Wildman–Crippen LogP) is 4.82. The third-order valence-corrected chi connectivity index (χ3v) is 5.85. The minimum absolute atomic E-state index is 0.175. The summed E-state index contributed by atoms with van der Waals surface area (Å²) in [5.41, 5.74) is 3.05. The Balaban J connectivity index is 1.45. The van der Waals surface area contributed by atoms with Gasteiger partial charge in [0.1, 0.15) is 5.69 Å². The number of hydrogen-bond acceptors (Lipinski definition) is 5. The molecule has 6 nitrogen and oxygen atoms in total. The second-order valence-electron chi connectivity index (χ2n) is 6.96. The summed E-state index contributed by atoms with van der Waals surface area (Å²) < 4.78 is 12.6. The molecule has 7 heteroatoms. The van der Waals surface area contributed by atoms with Crippen LogP contribution in [0.2, 0.25) is 0 Å². The lowest BCUT2D eigenvalue weighted by Gasteiger charge is -2.14. The minimum atomic E-state index is -0.205. The molecule has 0 saturated heterocycles. The third-order valence-electron chi connectivity index (χ3n) is 4.98. The number of ether oxygens (including phenoxy) is 2. The lowest BCUT2D eigenvalue weighted by molar-refractivity contribution is 0.0940. The first-order valence-corrected chi connectivity index (χ1v) is 10.5. The zero-order valence-corrected chi connectivity index (χ0v) is 17.1. The predicted molar refractivity (Wildman–Crippen MR) is 115 cm³/mol. The van der Waals surface area contributed by atoms with E-state index in [4.69, 9.17) is 14.6 Å². The van der Waals surface area contributed by atoms with Gasteiger partial charge in [0.25, 0.3) is 5.91 Å². The molecule has 0 bridgehead atoms. The Morgan fingerprint density at radius 2 is 1.93 bits per heavy atom. The van der Waals surface area contributed by atoms with E-state index < -0.39 is 0 Å². The summed E-state index contributed by atoms with van der Waals surface area (Å²) in [5, 5.41) is 9.77. The van der Waals surface area contributed by atoms with Crippen LogP contribution in [0.5, 0.6) is 11.5 Å². The number of aromatic nitrogens is 2. The van der Waals surface area contributed by atoms with Crippen LogP contribution in [0.3, 0.4) is 0 Å². The van der Waals surface area contributed by atoms with Crippen molar-refractivity contribution in [1.29, 1.82) is 0 Å². The first kappa shape index (κ1) is 18.4. The molecular formula is C23H19N3O3S. The van der Waals surface area contributed by atoms with Crippen LogP contribution in [0.25, 0.3) is 16.3 Å². The zero-order chi connectivity index (χ0) is 20.5. The summed E-state index contributed by atoms with van der Waals surface area (Å²) in [7, 11) is 0. The van der Waals surface area contributed by atoms with Gasteiger partial charge in [-0.1, -0.05) is 30.3 Å². The molecule has 2 aromatic carbocycles. The van der Waals surface area contributed by atoms with Crippen molar-refractivity contribution in [1.82, 2.24) is 15.1 Å². The summed E-state index contributed by atoms with van der Waals surface area (Å²) in [5.74, 6) is 1.25. The lowest BCUT2D eigenvalue weighted by atomic mass is 10.1. The highest BCUT2D eigenvalue weighted by atomic mass is 32.1. The molecule has 0 fully saturated rings. The summed E-state index contributed by atoms with van der Waals surface area (Å²) >= 11 is 1.56. The summed E-state index contributed by atoms with van der Waals surface area (Å²) in [4.78, 5) is 14.2. The van der Waals surface area contributed by atoms with Crippen molar-refractivity contribution >= 4 is 17.2 Å². The molecular weight excluding hydrogens is 398 g/mol. The molecule has 0 radical (unpaired) electrons. The van der Waals surface area contributed by atoms with Crippen molar-refractivity contribution in [2.45, 2.75) is 13.0 Å². The van der Waals surface area contributed by atoms with E-state index in [1.807, 2.05) is 73.0 Å². The average molecular weight is 417 g/mol. The van der Waals surface area contributed by atoms with Gasteiger partial charge in [-0.15, -0.1) is 11.3 Å². The van der Waals surface area contributed by atoms with E-state index in [0.717, 1.165) is 21.9 Å². The highest BCUT2D eigenvalue weighted by Gasteiger charge is 2.22. The molecule has 1 aliphatic rings. The lowest BCUT2D eigenvalue weighted by Crippen LogP contribution is -2.26. The van der Waals surface area contributed by atoms with Crippen LogP contribution < -0.4 is 14.8 Å². The number of fused-ring (bicyclic) bond motifs is 1. The fourth-order valence-corrected chi connectivity index (χ4v) is 4.11. The normalized spacial score (nSPS) is 13.2. The molecule has 30 heavy (non-hydrogen) atoms. The van der Waals surface area contributed by atoms with Gasteiger partial charge < -0.3 is 14.8 Å². The molecule has 4 aromatic rings. The molecule has 1 aliphatic heterocycles. The second kappa shape index (κ2) is 7.68. The van der Waals surface area contributed by atoms with Crippen LogP contribution in [-0.2, 0) is 0 Å². The molecule has 0 saturated carbocycles. The molecule has 2 aromatic heterocycles. The van der Waals surface area contributed by atoms with Gasteiger partial charge in [0, 0.05) is 6.20 Å². The van der Waals surface area contributed by atoms with Crippen LogP contribution in [0.1, 0.15) is 28.9 Å². The van der Waals surface area contributed by atoms with E-state index in [2.05, 4.69) is 5.32 Å². The molecule has 3 heterocycles. The van der Waals surface area contributed by atoms with Gasteiger partial charge in [-0.25, -0.2) is 4.68 Å². The van der Waals surface area contributed by atoms with Crippen molar-refractivity contribution < 1.29 is 14.3 Å². The van der Waals surface area contributed by atoms with Crippen molar-refractivity contribution in [2.24, 2.45) is 0 Å². The van der Waals surface area contributed by atoms with Gasteiger partial charge in [0.15, 0.2) is 11.5 Å². The minimum Gasteiger partial charge on any atom is -0.454 e. The number of amides is 1. The number of hydrogen-bond donors (Lipinski definition) is 1. The summed E-state index contributed by atoms with van der Waals surface area (Å²) in [6, 6.07) is 19.2. The monoisotopic (exact) mass is 417 g/mol. The molecule has 1 N–H and O–H groups in total. The molecule has 5 rings (SSSR count). The smallest absolute Gasteiger partial charge is 0.255 e. The largest absolute Gasteiger partial charge is 0.454 e. The molecule has 1 amide bonds. The van der Waals surface area contributed by atoms with E-state index in [1.54, 1.807) is 22.2 Å². The molecule has 1 unspecified atom stereocenters. The maximum absolute atomic E-state index is 13.2. The fourth-order valence-electron chi connectivity index (χ4n) is 3.39. The average Bonchev–Trinajstić information content (AvgIpc) is 3.53. The van der Waals surface area contributed by atoms with Crippen molar-refractivity contribution in [2.75, 3.05) is 6.79 Å². The van der Waals surface area contributed by atoms with Gasteiger partial charge >= 0.3 is 0 Å². The van der Waals surface area contributed by atoms with Crippen LogP contribution in [0, 0.1) is 0 Å². The van der Waals surface area contributed by atoms with Crippen molar-refractivity contribution in [3.05, 3.63) is 83.4 Å². The maximum atomic E-state index is 13.2. The molecule has 150 valence electrons. The van der Waals surface area contributed by atoms with Gasteiger partial charge in [0.05, 0.1) is 22.2 Å². The number of para-hydroxylation sites is 1. The Hall–Kier alpha value is -3.58. The summed E-state index contributed by atoms with van der Waals surface area (Å²) in [6.07, 6.45) is 1.78. The van der Waals surface area contributed by atoms with E-state index in [0.29, 0.717) is 17.0 Å². The van der Waals surface area contributed by atoms with Crippen molar-refractivity contribution in [3.63, 3.8) is 0 Å². The van der Waals surface area contributed by atoms with Gasteiger partial charge in [-0.3, -0.25) is 4.79 Å². The van der Waals surface area contributed by atoms with Crippen LogP contribution in [0.15, 0.2) is 72.2 Å². The number of thiophene rings is 1. The first-order chi connectivity index (χ1) is 14.7. The van der Waals surface area contributed by atoms with Crippen molar-refractivity contribution in [3.8, 4) is 27.8 Å². The van der Waals surface area contributed by atoms with E-state index in [1.165, 1.54) is 0 Å². The second-order valence-corrected chi connectivity index (χ2v) is 7.90. The quantitative estimate of drug-likeness (QED) is 0.506. The van der Waals surface area contributed by atoms with Crippen LogP contribution >= 0.6 is 11.3 Å². The number of carbonyl (C=O) groups excluding carboxylic acids is 1. The Morgan fingerprint density at radius 1 is 1.10 bits per heavy atom. The molecule has 0 aliphatic carbocycles. The number of carbonyl (C=O) groups is 1. The van der Waals surface area contributed by atoms with E-state index in [9.17, 15) is 4.79 Å². The van der Waals surface area contributed by atoms with Crippen LogP contribution in [0.4, 0.5) is 0 Å². The number of nitrogens with zero attached hydrogens (tertiary/aromatic N) is 2. The first-order valence-electron chi connectivity index (χ1n) is 9.58. The molecule has 1 atom stereocenters. The highest BCUT2D eigenvalue weighted by molar-refractivity contribution is 7.13. The Kier molecular flexibility index (Phi) is 4.72. The topological polar surface area (TPSA) is 65.4 Å². The van der Waals surface area contributed by atoms with E-state index in [-0.39, 0.29) is 18.7 Å². The molecule has 0 spiro atoms. The van der Waals surface area contributed by atoms with E-state index >= 15 is 0 Å². The number of nitrogens with one attached hydrogen (secondary N) is 1. The summed E-state index contributed by atoms with van der Waals surface area (Å²) in [6.45, 7) is 2.17. The standard InChI is InChI=1S/C23H19N3O3S/c1-15(16-9-10-19-20(12-16)29-14-28-19)24-23(27)18-13-26(17-6-3-2-4-7-17)25-22(18)21-8-5-11-30-21/h2-13,15H,14H2,1H3,(H,24,27). The fraction of sp³-hybridized carbons (Fsp3) is 0.130. The van der Waals surface area contributed by atoms with Crippen LogP contribution in [-0.4, -0.2) is 22.5 Å². The Morgan fingerprint density at radius 3 is 2.73 bits per heavy atom. The highest BCUT2D eigenvalue weighted by Crippen LogP contribution is 2.34. The van der Waals surface area contributed by atoms with Gasteiger partial charge in [-0.05, 0) is 48.2 Å². The number of benzene rings is 2. The van der Waals surface area contributed by atoms with Gasteiger partial charge in [-0.2, -0.15) is 5.10 Å². The Labute approximate surface area is 177 Å². The SMILES string of the molecule is CC(NC(=O)c1cn(-c2ccccc2)nc1-c1cccs1)c1ccc2c(c1)OCO2.